The first-order valence-electron chi connectivity index (χ1n) is 13.1. The number of methoxy groups -OCH3 is 1. The summed E-state index contributed by atoms with van der Waals surface area (Å²) in [6, 6.07) is 16.8. The number of carbonyl (C=O) groups excluding carboxylic acids is 2. The van der Waals surface area contributed by atoms with Crippen LogP contribution in [0.15, 0.2) is 71.6 Å². The van der Waals surface area contributed by atoms with Gasteiger partial charge in [0, 0.05) is 12.6 Å². The lowest BCUT2D eigenvalue weighted by Gasteiger charge is -2.32. The largest absolute Gasteiger partial charge is 0.495 e. The molecule has 3 aromatic carbocycles. The highest BCUT2D eigenvalue weighted by Crippen LogP contribution is 2.33. The van der Waals surface area contributed by atoms with Gasteiger partial charge < -0.3 is 15.0 Å². The zero-order chi connectivity index (χ0) is 30.3. The first-order chi connectivity index (χ1) is 19.4. The van der Waals surface area contributed by atoms with Gasteiger partial charge in [0.25, 0.3) is 10.0 Å². The Morgan fingerprint density at radius 1 is 0.976 bits per heavy atom. The highest BCUT2D eigenvalue weighted by Gasteiger charge is 2.34. The van der Waals surface area contributed by atoms with Crippen molar-refractivity contribution in [2.24, 2.45) is 0 Å². The number of benzene rings is 3. The molecule has 0 aliphatic heterocycles. The minimum absolute atomic E-state index is 0.00480. The number of amides is 2. The number of hydrogen-bond acceptors (Lipinski definition) is 5. The van der Waals surface area contributed by atoms with Crippen molar-refractivity contribution >= 4 is 50.7 Å². The summed E-state index contributed by atoms with van der Waals surface area (Å²) in [4.78, 5) is 28.6. The number of halogens is 2. The maximum atomic E-state index is 14.1. The molecule has 0 aliphatic carbocycles. The lowest BCUT2D eigenvalue weighted by Crippen LogP contribution is -2.52. The highest BCUT2D eigenvalue weighted by atomic mass is 35.5. The third kappa shape index (κ3) is 7.93. The smallest absolute Gasteiger partial charge is 0.264 e. The summed E-state index contributed by atoms with van der Waals surface area (Å²) in [6.07, 6.45) is 0.704. The molecule has 3 aromatic rings. The van der Waals surface area contributed by atoms with Crippen molar-refractivity contribution in [3.63, 3.8) is 0 Å². The Balaban J connectivity index is 2.08. The van der Waals surface area contributed by atoms with Crippen molar-refractivity contribution in [2.45, 2.75) is 57.6 Å². The van der Waals surface area contributed by atoms with E-state index in [0.717, 1.165) is 9.87 Å². The van der Waals surface area contributed by atoms with E-state index in [1.54, 1.807) is 61.5 Å². The van der Waals surface area contributed by atoms with Gasteiger partial charge in [0.1, 0.15) is 18.3 Å². The predicted molar refractivity (Wildman–Crippen MR) is 163 cm³/mol. The molecule has 0 saturated heterocycles. The standard InChI is InChI=1S/C30H35Cl2N3O5S/c1-6-21(3)33-30(37)22(4)34(18-23-13-16-25(31)26(32)17-23)29(36)19-35(27-9-7-8-10-28(27)40-5)41(38,39)24-14-11-20(2)12-15-24/h7-17,21-22H,6,18-19H2,1-5H3,(H,33,37)/t21-,22-/m1/s1. The molecular weight excluding hydrogens is 585 g/mol. The number of nitrogens with one attached hydrogen (secondary N) is 1. The van der Waals surface area contributed by atoms with E-state index in [2.05, 4.69) is 5.32 Å². The van der Waals surface area contributed by atoms with E-state index in [4.69, 9.17) is 27.9 Å². The maximum absolute atomic E-state index is 14.1. The van der Waals surface area contributed by atoms with Crippen LogP contribution < -0.4 is 14.4 Å². The molecule has 8 nitrogen and oxygen atoms in total. The molecule has 0 spiro atoms. The molecule has 0 bridgehead atoms. The first kappa shape index (κ1) is 32.2. The van der Waals surface area contributed by atoms with E-state index in [-0.39, 0.29) is 34.8 Å². The molecule has 0 aliphatic rings. The summed E-state index contributed by atoms with van der Waals surface area (Å²) in [6.45, 7) is 6.68. The van der Waals surface area contributed by atoms with Crippen LogP contribution in [0.4, 0.5) is 5.69 Å². The SMILES string of the molecule is CC[C@@H](C)NC(=O)[C@@H](C)N(Cc1ccc(Cl)c(Cl)c1)C(=O)CN(c1ccccc1OC)S(=O)(=O)c1ccc(C)cc1. The summed E-state index contributed by atoms with van der Waals surface area (Å²) in [5.41, 5.74) is 1.70. The van der Waals surface area contributed by atoms with E-state index in [1.165, 1.54) is 24.1 Å². The summed E-state index contributed by atoms with van der Waals surface area (Å²) < 4.78 is 34.4. The Morgan fingerprint density at radius 3 is 2.24 bits per heavy atom. The third-order valence-corrected chi connectivity index (χ3v) is 9.26. The monoisotopic (exact) mass is 619 g/mol. The molecule has 2 atom stereocenters. The molecule has 0 heterocycles. The van der Waals surface area contributed by atoms with Crippen molar-refractivity contribution < 1.29 is 22.7 Å². The number of ether oxygens (including phenoxy) is 1. The fourth-order valence-corrected chi connectivity index (χ4v) is 5.81. The van der Waals surface area contributed by atoms with E-state index in [1.807, 2.05) is 20.8 Å². The third-order valence-electron chi connectivity index (χ3n) is 6.75. The van der Waals surface area contributed by atoms with E-state index < -0.39 is 28.5 Å². The number of para-hydroxylation sites is 2. The number of anilines is 1. The van der Waals surface area contributed by atoms with Crippen LogP contribution in [0.5, 0.6) is 5.75 Å². The Kier molecular flexibility index (Phi) is 11.1. The number of nitrogens with zero attached hydrogens (tertiary/aromatic N) is 2. The second-order valence-electron chi connectivity index (χ2n) is 9.76. The molecule has 1 N–H and O–H groups in total. The predicted octanol–water partition coefficient (Wildman–Crippen LogP) is 5.84. The molecular formula is C30H35Cl2N3O5S. The minimum Gasteiger partial charge on any atom is -0.495 e. The van der Waals surface area contributed by atoms with Crippen LogP contribution in [0.1, 0.15) is 38.3 Å². The van der Waals surface area contributed by atoms with E-state index >= 15 is 0 Å². The van der Waals surface area contributed by atoms with Gasteiger partial charge in [0.15, 0.2) is 0 Å². The number of sulfonamides is 1. The van der Waals surface area contributed by atoms with Crippen molar-refractivity contribution in [1.82, 2.24) is 10.2 Å². The summed E-state index contributed by atoms with van der Waals surface area (Å²) in [7, 11) is -2.79. The molecule has 0 fully saturated rings. The fraction of sp³-hybridized carbons (Fsp3) is 0.333. The Labute approximate surface area is 252 Å². The van der Waals surface area contributed by atoms with Gasteiger partial charge in [-0.05, 0) is 69.2 Å². The molecule has 0 radical (unpaired) electrons. The van der Waals surface area contributed by atoms with Crippen molar-refractivity contribution in [3.05, 3.63) is 87.9 Å². The molecule has 2 amide bonds. The van der Waals surface area contributed by atoms with Crippen LogP contribution in [-0.4, -0.2) is 50.9 Å². The summed E-state index contributed by atoms with van der Waals surface area (Å²) >= 11 is 12.3. The summed E-state index contributed by atoms with van der Waals surface area (Å²) in [5.74, 6) is -0.683. The molecule has 0 saturated carbocycles. The average molecular weight is 621 g/mol. The van der Waals surface area contributed by atoms with Crippen LogP contribution in [0.25, 0.3) is 0 Å². The molecule has 11 heteroatoms. The van der Waals surface area contributed by atoms with Gasteiger partial charge in [-0.2, -0.15) is 0 Å². The van der Waals surface area contributed by atoms with Crippen LogP contribution in [-0.2, 0) is 26.2 Å². The second-order valence-corrected chi connectivity index (χ2v) is 12.4. The highest BCUT2D eigenvalue weighted by molar-refractivity contribution is 7.92. The van der Waals surface area contributed by atoms with Crippen molar-refractivity contribution in [3.8, 4) is 5.75 Å². The van der Waals surface area contributed by atoms with Crippen LogP contribution in [0.3, 0.4) is 0 Å². The van der Waals surface area contributed by atoms with Crippen LogP contribution in [0, 0.1) is 6.92 Å². The normalized spacial score (nSPS) is 12.8. The first-order valence-corrected chi connectivity index (χ1v) is 15.3. The number of aryl methyl sites for hydroxylation is 1. The van der Waals surface area contributed by atoms with Gasteiger partial charge in [0.2, 0.25) is 11.8 Å². The molecule has 3 rings (SSSR count). The van der Waals surface area contributed by atoms with Crippen molar-refractivity contribution in [1.29, 1.82) is 0 Å². The number of rotatable bonds is 12. The fourth-order valence-electron chi connectivity index (χ4n) is 4.07. The van der Waals surface area contributed by atoms with Gasteiger partial charge in [0.05, 0.1) is 27.7 Å². The lowest BCUT2D eigenvalue weighted by atomic mass is 10.1. The minimum atomic E-state index is -4.22. The van der Waals surface area contributed by atoms with E-state index in [0.29, 0.717) is 22.0 Å². The topological polar surface area (TPSA) is 96.0 Å². The Morgan fingerprint density at radius 2 is 1.63 bits per heavy atom. The Bertz CT molecular complexity index is 1480. The Hall–Kier alpha value is -3.27. The molecule has 220 valence electrons. The number of carbonyl (C=O) groups is 2. The van der Waals surface area contributed by atoms with Crippen molar-refractivity contribution in [2.75, 3.05) is 18.0 Å². The lowest BCUT2D eigenvalue weighted by molar-refractivity contribution is -0.139. The summed E-state index contributed by atoms with van der Waals surface area (Å²) in [5, 5.41) is 3.55. The zero-order valence-electron chi connectivity index (χ0n) is 23.7. The molecule has 0 aromatic heterocycles. The van der Waals surface area contributed by atoms with E-state index in [9.17, 15) is 18.0 Å². The van der Waals surface area contributed by atoms with Gasteiger partial charge in [-0.25, -0.2) is 8.42 Å². The maximum Gasteiger partial charge on any atom is 0.264 e. The van der Waals surface area contributed by atoms with Gasteiger partial charge in [-0.3, -0.25) is 13.9 Å². The quantitative estimate of drug-likeness (QED) is 0.275. The average Bonchev–Trinajstić information content (AvgIpc) is 2.95. The number of hydrogen-bond donors (Lipinski definition) is 1. The molecule has 41 heavy (non-hydrogen) atoms. The van der Waals surface area contributed by atoms with Gasteiger partial charge in [-0.1, -0.05) is 66.0 Å². The zero-order valence-corrected chi connectivity index (χ0v) is 26.1. The van der Waals surface area contributed by atoms with Gasteiger partial charge >= 0.3 is 0 Å². The van der Waals surface area contributed by atoms with Gasteiger partial charge in [-0.15, -0.1) is 0 Å². The van der Waals surface area contributed by atoms with Crippen LogP contribution >= 0.6 is 23.2 Å². The van der Waals surface area contributed by atoms with Crippen LogP contribution in [0.2, 0.25) is 10.0 Å². The second kappa shape index (κ2) is 14.1. The molecule has 0 unspecified atom stereocenters.